The number of aliphatic hydroxyl groups excluding tert-OH is 10. The number of ether oxygens (including phenoxy) is 4. The summed E-state index contributed by atoms with van der Waals surface area (Å²) in [7, 11) is 0. The molecule has 4 aromatic carbocycles. The molecule has 144 heavy (non-hydrogen) atoms. The minimum atomic E-state index is -3.41. The van der Waals surface area contributed by atoms with E-state index < -0.39 is 300 Å². The maximum absolute atomic E-state index is 14.7. The molecule has 0 saturated heterocycles. The van der Waals surface area contributed by atoms with Crippen LogP contribution in [-0.2, 0) is 18.9 Å². The van der Waals surface area contributed by atoms with Crippen LogP contribution in [-0.4, -0.2) is 334 Å². The fourth-order valence-electron chi connectivity index (χ4n) is 16.7. The summed E-state index contributed by atoms with van der Waals surface area (Å²) < 4.78 is 312. The van der Waals surface area contributed by atoms with Gasteiger partial charge in [-0.25, -0.2) is 76.2 Å². The molecule has 40 nitrogen and oxygen atoms in total. The second-order valence-electron chi connectivity index (χ2n) is 34.7. The van der Waals surface area contributed by atoms with Gasteiger partial charge >= 0.3 is 0 Å². The summed E-state index contributed by atoms with van der Waals surface area (Å²) in [6.45, 7) is -0.634. The lowest BCUT2D eigenvalue weighted by atomic mass is 10.1. The fraction of sp³-hybridized carbons (Fsp3) is 0.583. The number of nitrogens with one attached hydrogen (secondary N) is 4. The Morgan fingerprint density at radius 2 is 0.611 bits per heavy atom. The molecule has 0 aliphatic heterocycles. The number of hydrogen-bond donors (Lipinski definition) is 16. The number of halogens is 4. The van der Waals surface area contributed by atoms with Gasteiger partial charge in [0.2, 0.25) is 0 Å². The minimum Gasteiger partial charge on any atom is -0.394 e. The number of aliphatic hydroxyl groups is 12. The molecule has 8 heterocycles. The summed E-state index contributed by atoms with van der Waals surface area (Å²) in [4.78, 5) is 36.1. The van der Waals surface area contributed by atoms with Crippen molar-refractivity contribution in [3.05, 3.63) is 140 Å². The summed E-state index contributed by atoms with van der Waals surface area (Å²) in [6.07, 6.45) is -21.2. The molecule has 24 atom stereocenters. The molecule has 0 amide bonds. The monoisotopic (exact) mass is 2100 g/mol. The molecule has 8 saturated carbocycles. The average molecular weight is 2100 g/mol. The van der Waals surface area contributed by atoms with Crippen LogP contribution in [0.15, 0.2) is 93.1 Å². The second-order valence-corrected chi connectivity index (χ2v) is 39.0. The van der Waals surface area contributed by atoms with Crippen molar-refractivity contribution in [3.8, 4) is 0 Å². The van der Waals surface area contributed by atoms with Crippen LogP contribution in [0.2, 0.25) is 0 Å². The normalized spacial score (nSPS) is 32.2. The predicted octanol–water partition coefficient (Wildman–Crippen LogP) is 8.73. The van der Waals surface area contributed by atoms with Gasteiger partial charge in [-0.3, -0.25) is 0 Å². The van der Waals surface area contributed by atoms with Crippen LogP contribution in [0.25, 0.3) is 44.7 Å². The molecule has 12 aromatic rings. The summed E-state index contributed by atoms with van der Waals surface area (Å²) in [5.41, 5.74) is -0.534. The van der Waals surface area contributed by atoms with Crippen LogP contribution < -0.4 is 21.3 Å². The van der Waals surface area contributed by atoms with Crippen molar-refractivity contribution in [2.75, 3.05) is 96.9 Å². The molecule has 0 unspecified atom stereocenters. The molecular formula is C96H124F4N24O16S4. The highest BCUT2D eigenvalue weighted by atomic mass is 32.2. The van der Waals surface area contributed by atoms with Gasteiger partial charge in [0.25, 0.3) is 0 Å². The van der Waals surface area contributed by atoms with Crippen molar-refractivity contribution in [2.45, 2.75) is 298 Å². The Bertz CT molecular complexity index is 7880. The number of thioether (sulfide) groups is 4. The molecule has 48 heteroatoms. The first kappa shape index (κ1) is 75.2. The van der Waals surface area contributed by atoms with Crippen molar-refractivity contribution in [1.82, 2.24) is 99.8 Å². The third kappa shape index (κ3) is 23.8. The maximum Gasteiger partial charge on any atom is 0.191 e. The van der Waals surface area contributed by atoms with Crippen molar-refractivity contribution in [1.29, 1.82) is 0 Å². The number of benzene rings is 4. The van der Waals surface area contributed by atoms with Crippen LogP contribution in [0, 0.1) is 51.0 Å². The van der Waals surface area contributed by atoms with E-state index in [2.05, 4.69) is 102 Å². The summed E-state index contributed by atoms with van der Waals surface area (Å²) in [6, 6.07) is -13.8. The lowest BCUT2D eigenvalue weighted by Crippen LogP contribution is -2.33. The van der Waals surface area contributed by atoms with Gasteiger partial charge in [-0.05, 0) is 148 Å². The van der Waals surface area contributed by atoms with Crippen molar-refractivity contribution < 1.29 is 136 Å². The highest BCUT2D eigenvalue weighted by Gasteiger charge is 2.51. The Hall–Kier alpha value is -9.52. The molecule has 0 radical (unpaired) electrons. The van der Waals surface area contributed by atoms with Gasteiger partial charge in [0.1, 0.15) is 72.1 Å². The average Bonchev–Trinajstić information content (AvgIpc) is 1.55. The van der Waals surface area contributed by atoms with Gasteiger partial charge in [0.15, 0.2) is 88.6 Å². The lowest BCUT2D eigenvalue weighted by molar-refractivity contribution is -0.0629. The number of rotatable bonds is 40. The summed E-state index contributed by atoms with van der Waals surface area (Å²) >= 11 is 5.21. The van der Waals surface area contributed by atoms with Gasteiger partial charge in [0, 0.05) is 107 Å². The number of fused-ring (bicyclic) bond motifs is 4. The van der Waals surface area contributed by atoms with Crippen LogP contribution >= 0.6 is 47.0 Å². The van der Waals surface area contributed by atoms with E-state index in [1.807, 2.05) is 27.7 Å². The van der Waals surface area contributed by atoms with Crippen molar-refractivity contribution in [2.24, 2.45) is 0 Å². The van der Waals surface area contributed by atoms with E-state index in [0.717, 1.165) is 25.7 Å². The zero-order valence-electron chi connectivity index (χ0n) is 106. The molecular weight excluding hydrogens is 1950 g/mol. The first-order valence-corrected chi connectivity index (χ1v) is 50.2. The Morgan fingerprint density at radius 1 is 0.354 bits per heavy atom. The Morgan fingerprint density at radius 3 is 0.854 bits per heavy atom. The van der Waals surface area contributed by atoms with Crippen molar-refractivity contribution >= 4 is 115 Å². The summed E-state index contributed by atoms with van der Waals surface area (Å²) in [5, 5.41) is 169. The molecule has 20 rings (SSSR count). The highest BCUT2D eigenvalue weighted by Crippen LogP contribution is 2.50. The SMILES string of the molecule is [2H]c1c([2H])c([C@H]2[C@H](Nc3nc(SCCC)nc4c3nnn4[C@@H]3C[C@H](OC([2H])([2H])C([2H])([2H])O)[C@@H](O)[C@H]3O)C2([2H])[2H])c([2H])c(F)c1C.[2H]c1c([2H])c([C@H]2[C@H](Nc3nc(SCCC)nc4c3nnn4[C@@H]3C[C@H](OC([2H])([2H])CO)[C@@H](O)[C@H]3O)C2([2H])[2H])c([2H])c(F)c1C.[2H]c1c([2H])c([C@H]2[C@H](Nc3nc(SCCC)nc4c3nnn4[C@@H]3C[C@H](OCC([2H])([2H])O)[C@@H](O)[C@H]3O)C2([2H])[2H])c([2H])c(F)c1C.[2H]c1c([2H])c([C@H]2[C@H](Nc3nc(SCCC)nc4c3nnn4[C@@H]3C[C@H](OCCO)[C@@H](O)[C@H]3O)C2([2H])[2H])c([2H])c(F)c1C. The molecule has 8 aliphatic carbocycles. The second kappa shape index (κ2) is 47.3. The van der Waals surface area contributed by atoms with E-state index in [-0.39, 0.29) is 173 Å². The minimum absolute atomic E-state index is 0.00939. The van der Waals surface area contributed by atoms with Gasteiger partial charge in [0.05, 0.1) is 129 Å². The van der Waals surface area contributed by atoms with Gasteiger partial charge in [-0.2, -0.15) is 0 Å². The van der Waals surface area contributed by atoms with Crippen LogP contribution in [0.5, 0.6) is 0 Å². The topological polar surface area (TPSA) is 554 Å². The number of aromatic nitrogens is 20. The van der Waals surface area contributed by atoms with Crippen molar-refractivity contribution in [3.63, 3.8) is 0 Å². The molecule has 0 spiro atoms. The number of anilines is 4. The smallest absolute Gasteiger partial charge is 0.191 e. The predicted molar refractivity (Wildman–Crippen MR) is 530 cm³/mol. The Labute approximate surface area is 883 Å². The standard InChI is InChI=1S/4C24H31FN6O4S/c4*1-3-8-36-24-27-22(26-16-10-14(16)13-5-4-12(2)15(25)9-13)19-23(28-24)31(30-29-19)17-11-18(35-7-6-32)21(34)20(17)33/h4*4-5,9,14,16-18,20-21,32-34H,3,6-8,10-11H2,1-2H3,(H,26,27,28)/t4*14-,16+,17+,18-,20-,21+/m0000/s1/i4D,5D,6D2,7D2,9D,10D2;4D,5D,7D2,9D,10D2;4D,5D,6D2,9D,10D2;4D,5D,9D,10D2. The van der Waals surface area contributed by atoms with E-state index in [1.54, 1.807) is 0 Å². The molecule has 776 valence electrons. The first-order chi connectivity index (χ1) is 80.5. The zero-order valence-corrected chi connectivity index (χ0v) is 81.5. The Balaban J connectivity index is 0.000000152. The number of nitrogens with zero attached hydrogens (tertiary/aromatic N) is 20. The third-order valence-corrected chi connectivity index (χ3v) is 28.7. The zero-order chi connectivity index (χ0) is 126. The lowest BCUT2D eigenvalue weighted by Gasteiger charge is -2.17. The van der Waals surface area contributed by atoms with E-state index in [9.17, 15) is 73.7 Å². The molecule has 0 bridgehead atoms. The van der Waals surface area contributed by atoms with Crippen LogP contribution in [0.3, 0.4) is 0 Å². The van der Waals surface area contributed by atoms with E-state index in [1.165, 1.54) is 93.5 Å². The summed E-state index contributed by atoms with van der Waals surface area (Å²) in [5.74, 6) is -5.58. The first-order valence-electron chi connectivity index (χ1n) is 60.3. The van der Waals surface area contributed by atoms with Gasteiger partial charge < -0.3 is 101 Å². The fourth-order valence-corrected chi connectivity index (χ4v) is 19.4. The van der Waals surface area contributed by atoms with E-state index in [4.69, 9.17) is 62.4 Å². The van der Waals surface area contributed by atoms with E-state index in [0.29, 0.717) is 28.2 Å². The maximum atomic E-state index is 14.7. The van der Waals surface area contributed by atoms with Gasteiger partial charge in [-0.15, -0.1) is 20.4 Å². The largest absolute Gasteiger partial charge is 0.394 e. The van der Waals surface area contributed by atoms with Crippen LogP contribution in [0.4, 0.5) is 40.8 Å². The van der Waals surface area contributed by atoms with Gasteiger partial charge in [-0.1, -0.05) is 144 Å². The molecule has 8 fully saturated rings. The quantitative estimate of drug-likeness (QED) is 0.00969. The number of hydrogen-bond acceptors (Lipinski definition) is 40. The highest BCUT2D eigenvalue weighted by molar-refractivity contribution is 7.99. The molecule has 16 N–H and O–H groups in total. The van der Waals surface area contributed by atoms with E-state index >= 15 is 0 Å². The third-order valence-electron chi connectivity index (χ3n) is 24.5. The Kier molecular flexibility index (Phi) is 24.7. The van der Waals surface area contributed by atoms with Crippen LogP contribution in [0.1, 0.15) is 235 Å². The molecule has 8 aliphatic rings. The molecule has 8 aromatic heterocycles.